The van der Waals surface area contributed by atoms with Gasteiger partial charge in [-0.2, -0.15) is 10.2 Å². The van der Waals surface area contributed by atoms with Crippen molar-refractivity contribution >= 4 is 12.1 Å². The van der Waals surface area contributed by atoms with Gasteiger partial charge in [-0.05, 0) is 22.1 Å². The maximum atomic E-state index is 13.1. The molecule has 0 saturated carbocycles. The molecule has 0 spiro atoms. The summed E-state index contributed by atoms with van der Waals surface area (Å²) in [5.41, 5.74) is 6.45. The van der Waals surface area contributed by atoms with E-state index in [4.69, 9.17) is 0 Å². The molecule has 0 aliphatic heterocycles. The monoisotopic (exact) mass is 450 g/mol. The summed E-state index contributed by atoms with van der Waals surface area (Å²) in [5, 5.41) is 10.8. The molecule has 1 amide bonds. The average Bonchev–Trinajstić information content (AvgIpc) is 2.84. The first kappa shape index (κ1) is 22.9. The van der Waals surface area contributed by atoms with Gasteiger partial charge in [0.05, 0.1) is 11.9 Å². The Morgan fingerprint density at radius 1 is 0.882 bits per heavy atom. The number of carbonyl (C=O) groups excluding carboxylic acids is 1. The molecule has 170 valence electrons. The fourth-order valence-corrected chi connectivity index (χ4v) is 3.65. The van der Waals surface area contributed by atoms with Crippen LogP contribution < -0.4 is 11.0 Å². The van der Waals surface area contributed by atoms with Crippen LogP contribution in [0.5, 0.6) is 0 Å². The number of nitrogens with one attached hydrogen (secondary N) is 2. The highest BCUT2D eigenvalue weighted by atomic mass is 16.2. The van der Waals surface area contributed by atoms with Gasteiger partial charge in [-0.3, -0.25) is 9.59 Å². The molecule has 3 aromatic carbocycles. The summed E-state index contributed by atoms with van der Waals surface area (Å²) < 4.78 is 0. The third-order valence-corrected chi connectivity index (χ3v) is 5.48. The van der Waals surface area contributed by atoms with Crippen molar-refractivity contribution in [2.75, 3.05) is 0 Å². The maximum Gasteiger partial charge on any atom is 0.277 e. The minimum atomic E-state index is -0.609. The number of amides is 1. The third kappa shape index (κ3) is 5.02. The summed E-state index contributed by atoms with van der Waals surface area (Å²) in [5.74, 6) is -0.609. The van der Waals surface area contributed by atoms with E-state index in [2.05, 4.69) is 41.5 Å². The summed E-state index contributed by atoms with van der Waals surface area (Å²) in [6, 6.07) is 26.7. The van der Waals surface area contributed by atoms with E-state index in [9.17, 15) is 9.59 Å². The summed E-state index contributed by atoms with van der Waals surface area (Å²) in [6.45, 7) is 6.45. The number of aromatic amines is 1. The molecule has 34 heavy (non-hydrogen) atoms. The van der Waals surface area contributed by atoms with E-state index in [1.807, 2.05) is 84.9 Å². The molecule has 0 saturated heterocycles. The Morgan fingerprint density at radius 2 is 1.47 bits per heavy atom. The van der Waals surface area contributed by atoms with E-state index in [1.165, 1.54) is 5.56 Å². The molecule has 0 atom stereocenters. The van der Waals surface area contributed by atoms with Crippen LogP contribution in [0.25, 0.3) is 22.4 Å². The molecule has 6 heteroatoms. The highest BCUT2D eigenvalue weighted by Gasteiger charge is 2.22. The number of hydrazone groups is 1. The minimum Gasteiger partial charge on any atom is -0.267 e. The van der Waals surface area contributed by atoms with Crippen LogP contribution in [0.2, 0.25) is 0 Å². The Balaban J connectivity index is 1.69. The second-order valence-corrected chi connectivity index (χ2v) is 8.95. The lowest BCUT2D eigenvalue weighted by atomic mass is 9.87. The highest BCUT2D eigenvalue weighted by Crippen LogP contribution is 2.31. The maximum absolute atomic E-state index is 13.1. The predicted molar refractivity (Wildman–Crippen MR) is 136 cm³/mol. The average molecular weight is 451 g/mol. The normalized spacial score (nSPS) is 11.5. The quantitative estimate of drug-likeness (QED) is 0.325. The number of carbonyl (C=O) groups is 1. The van der Waals surface area contributed by atoms with Gasteiger partial charge >= 0.3 is 0 Å². The van der Waals surface area contributed by atoms with Gasteiger partial charge in [0.15, 0.2) is 0 Å². The molecule has 0 unspecified atom stereocenters. The molecule has 2 N–H and O–H groups in total. The van der Waals surface area contributed by atoms with E-state index in [1.54, 1.807) is 6.21 Å². The Bertz CT molecular complexity index is 1370. The van der Waals surface area contributed by atoms with Crippen LogP contribution in [-0.4, -0.2) is 22.3 Å². The molecule has 1 heterocycles. The highest BCUT2D eigenvalue weighted by molar-refractivity contribution is 6.03. The lowest BCUT2D eigenvalue weighted by molar-refractivity contribution is 0.0954. The van der Waals surface area contributed by atoms with Gasteiger partial charge in [0, 0.05) is 11.1 Å². The first-order chi connectivity index (χ1) is 16.3. The van der Waals surface area contributed by atoms with Crippen LogP contribution in [0.1, 0.15) is 42.3 Å². The van der Waals surface area contributed by atoms with Gasteiger partial charge in [0.1, 0.15) is 5.56 Å². The van der Waals surface area contributed by atoms with Crippen molar-refractivity contribution in [2.24, 2.45) is 5.10 Å². The largest absolute Gasteiger partial charge is 0.277 e. The van der Waals surface area contributed by atoms with Crippen molar-refractivity contribution in [1.29, 1.82) is 0 Å². The summed E-state index contributed by atoms with van der Waals surface area (Å²) in [4.78, 5) is 25.9. The lowest BCUT2D eigenvalue weighted by Gasteiger charge is -2.18. The van der Waals surface area contributed by atoms with Crippen molar-refractivity contribution in [3.63, 3.8) is 0 Å². The van der Waals surface area contributed by atoms with E-state index in [0.717, 1.165) is 11.1 Å². The molecular formula is C28H26N4O2. The van der Waals surface area contributed by atoms with Gasteiger partial charge in [0.2, 0.25) is 0 Å². The van der Waals surface area contributed by atoms with Crippen molar-refractivity contribution in [2.45, 2.75) is 26.2 Å². The Kier molecular flexibility index (Phi) is 6.50. The van der Waals surface area contributed by atoms with Gasteiger partial charge in [-0.15, -0.1) is 0 Å². The van der Waals surface area contributed by atoms with Crippen molar-refractivity contribution in [3.8, 4) is 22.4 Å². The molecule has 1 aromatic heterocycles. The van der Waals surface area contributed by atoms with Crippen molar-refractivity contribution in [3.05, 3.63) is 112 Å². The van der Waals surface area contributed by atoms with Gasteiger partial charge in [-0.25, -0.2) is 10.5 Å². The zero-order valence-electron chi connectivity index (χ0n) is 19.4. The standard InChI is InChI=1S/C28H26N4O2/c1-28(2,3)22-16-14-19(15-17-22)18-29-31-26(33)24-23(20-10-6-4-7-11-20)25(30-32-27(24)34)21-12-8-5-9-13-21/h4-18H,1-3H3,(H,31,33)(H,32,34). The van der Waals surface area contributed by atoms with Crippen LogP contribution in [-0.2, 0) is 5.41 Å². The van der Waals surface area contributed by atoms with E-state index in [0.29, 0.717) is 16.8 Å². The predicted octanol–water partition coefficient (Wildman–Crippen LogP) is 5.17. The second kappa shape index (κ2) is 9.67. The SMILES string of the molecule is CC(C)(C)c1ccc(C=NNC(=O)c2c(-c3ccccc3)c(-c3ccccc3)n[nH]c2=O)cc1. The lowest BCUT2D eigenvalue weighted by Crippen LogP contribution is -2.28. The molecule has 0 aliphatic rings. The molecule has 4 rings (SSSR count). The zero-order valence-corrected chi connectivity index (χ0v) is 19.4. The number of benzene rings is 3. The fraction of sp³-hybridized carbons (Fsp3) is 0.143. The number of rotatable bonds is 5. The van der Waals surface area contributed by atoms with Gasteiger partial charge in [-0.1, -0.05) is 106 Å². The van der Waals surface area contributed by atoms with Crippen LogP contribution in [0.15, 0.2) is 94.8 Å². The topological polar surface area (TPSA) is 87.2 Å². The molecule has 4 aromatic rings. The third-order valence-electron chi connectivity index (χ3n) is 5.48. The first-order valence-electron chi connectivity index (χ1n) is 11.0. The van der Waals surface area contributed by atoms with E-state index in [-0.39, 0.29) is 11.0 Å². The summed E-state index contributed by atoms with van der Waals surface area (Å²) in [7, 11) is 0. The van der Waals surface area contributed by atoms with Gasteiger partial charge in [0.25, 0.3) is 11.5 Å². The summed E-state index contributed by atoms with van der Waals surface area (Å²) >= 11 is 0. The minimum absolute atomic E-state index is 0.0414. The Hall–Kier alpha value is -4.32. The van der Waals surface area contributed by atoms with Crippen LogP contribution in [0.4, 0.5) is 0 Å². The van der Waals surface area contributed by atoms with E-state index < -0.39 is 11.5 Å². The Morgan fingerprint density at radius 3 is 2.06 bits per heavy atom. The molecular weight excluding hydrogens is 424 g/mol. The number of aromatic nitrogens is 2. The van der Waals surface area contributed by atoms with Crippen molar-refractivity contribution in [1.82, 2.24) is 15.6 Å². The fourth-order valence-electron chi connectivity index (χ4n) is 3.65. The Labute approximate surface area is 198 Å². The molecule has 6 nitrogen and oxygen atoms in total. The number of hydrogen-bond acceptors (Lipinski definition) is 4. The van der Waals surface area contributed by atoms with Crippen molar-refractivity contribution < 1.29 is 4.79 Å². The molecule has 0 fully saturated rings. The molecule has 0 radical (unpaired) electrons. The van der Waals surface area contributed by atoms with Gasteiger partial charge < -0.3 is 0 Å². The summed E-state index contributed by atoms with van der Waals surface area (Å²) in [6.07, 6.45) is 1.56. The number of nitrogens with zero attached hydrogens (tertiary/aromatic N) is 2. The number of hydrogen-bond donors (Lipinski definition) is 2. The molecule has 0 aliphatic carbocycles. The van der Waals surface area contributed by atoms with Crippen LogP contribution in [0, 0.1) is 0 Å². The molecule has 0 bridgehead atoms. The van der Waals surface area contributed by atoms with Crippen LogP contribution in [0.3, 0.4) is 0 Å². The zero-order chi connectivity index (χ0) is 24.1. The second-order valence-electron chi connectivity index (χ2n) is 8.95. The first-order valence-corrected chi connectivity index (χ1v) is 11.0. The van der Waals surface area contributed by atoms with Crippen LogP contribution >= 0.6 is 0 Å². The van der Waals surface area contributed by atoms with E-state index >= 15 is 0 Å². The number of H-pyrrole nitrogens is 1. The smallest absolute Gasteiger partial charge is 0.267 e.